The molecule has 0 aliphatic carbocycles. The molecule has 0 aromatic carbocycles. The molecule has 0 aliphatic rings. The minimum Gasteiger partial charge on any atom is -0.260 e. The van der Waals surface area contributed by atoms with Gasteiger partial charge in [0.25, 0.3) is 0 Å². The molecule has 0 saturated heterocycles. The van der Waals surface area contributed by atoms with E-state index in [2.05, 4.69) is 36.0 Å². The number of pyridine rings is 1. The third-order valence-corrected chi connectivity index (χ3v) is 2.31. The minimum atomic E-state index is 0.770. The highest BCUT2D eigenvalue weighted by molar-refractivity contribution is 7.97. The van der Waals surface area contributed by atoms with Crippen LogP contribution in [0.3, 0.4) is 0 Å². The van der Waals surface area contributed by atoms with Gasteiger partial charge < -0.3 is 0 Å². The average Bonchev–Trinajstić information content (AvgIpc) is 2.07. The monoisotopic (exact) mass is 185 g/mol. The van der Waals surface area contributed by atoms with Gasteiger partial charge in [0.1, 0.15) is 0 Å². The fourth-order valence-electron chi connectivity index (χ4n) is 0.782. The van der Waals surface area contributed by atoms with Gasteiger partial charge >= 0.3 is 0 Å². The molecule has 3 heteroatoms. The van der Waals surface area contributed by atoms with E-state index >= 15 is 0 Å². The first kappa shape index (κ1) is 8.94. The van der Waals surface area contributed by atoms with Crippen molar-refractivity contribution >= 4 is 24.4 Å². The molecule has 0 fully saturated rings. The Morgan fingerprint density at radius 2 is 2.36 bits per heavy atom. The summed E-state index contributed by atoms with van der Waals surface area (Å²) in [5, 5.41) is 0. The molecule has 0 N–H and O–H groups in total. The number of hydrogen-bond donors (Lipinski definition) is 1. The van der Waals surface area contributed by atoms with E-state index in [1.54, 1.807) is 11.8 Å². The Hall–Kier alpha value is -0.150. The van der Waals surface area contributed by atoms with E-state index in [9.17, 15) is 0 Å². The number of hydrogen-bond acceptors (Lipinski definition) is 3. The van der Waals surface area contributed by atoms with E-state index in [1.807, 2.05) is 6.20 Å². The maximum Gasteiger partial charge on any atom is 0.0502 e. The molecule has 1 aromatic rings. The van der Waals surface area contributed by atoms with Crippen LogP contribution < -0.4 is 0 Å². The molecule has 1 nitrogen and oxygen atoms in total. The fraction of sp³-hybridized carbons (Fsp3) is 0.375. The quantitative estimate of drug-likeness (QED) is 0.726. The Balaban J connectivity index is 2.66. The third kappa shape index (κ3) is 2.75. The molecule has 0 radical (unpaired) electrons. The molecule has 0 aliphatic heterocycles. The van der Waals surface area contributed by atoms with E-state index in [0.717, 1.165) is 17.2 Å². The number of thiol groups is 1. The number of nitrogens with zero attached hydrogens (tertiary/aromatic N) is 1. The highest BCUT2D eigenvalue weighted by atomic mass is 32.2. The summed E-state index contributed by atoms with van der Waals surface area (Å²) in [5.41, 5.74) is 2.32. The van der Waals surface area contributed by atoms with Crippen LogP contribution in [0.1, 0.15) is 11.3 Å². The molecule has 60 valence electrons. The summed E-state index contributed by atoms with van der Waals surface area (Å²) in [5.74, 6) is 1.76. The van der Waals surface area contributed by atoms with E-state index < -0.39 is 0 Å². The highest BCUT2D eigenvalue weighted by Crippen LogP contribution is 2.07. The van der Waals surface area contributed by atoms with Crippen LogP contribution in [-0.2, 0) is 11.5 Å². The highest BCUT2D eigenvalue weighted by Gasteiger charge is 1.92. The molecular weight excluding hydrogens is 174 g/mol. The summed E-state index contributed by atoms with van der Waals surface area (Å²) in [7, 11) is 0. The lowest BCUT2D eigenvalue weighted by atomic mass is 10.3. The van der Waals surface area contributed by atoms with Gasteiger partial charge in [0.15, 0.2) is 0 Å². The van der Waals surface area contributed by atoms with E-state index in [-0.39, 0.29) is 0 Å². The maximum absolute atomic E-state index is 4.27. The summed E-state index contributed by atoms with van der Waals surface area (Å²) in [6, 6.07) is 4.13. The first-order valence-corrected chi connectivity index (χ1v) is 5.43. The van der Waals surface area contributed by atoms with Crippen LogP contribution in [0.15, 0.2) is 18.3 Å². The molecule has 1 aromatic heterocycles. The SMILES string of the molecule is CSCc1ccc(CS)cn1. The Morgan fingerprint density at radius 3 is 2.82 bits per heavy atom. The number of aromatic nitrogens is 1. The van der Waals surface area contributed by atoms with Crippen LogP contribution in [0.2, 0.25) is 0 Å². The van der Waals surface area contributed by atoms with Gasteiger partial charge in [0.2, 0.25) is 0 Å². The van der Waals surface area contributed by atoms with Crippen LogP contribution in [0.25, 0.3) is 0 Å². The Morgan fingerprint density at radius 1 is 1.55 bits per heavy atom. The summed E-state index contributed by atoms with van der Waals surface area (Å²) in [6.07, 6.45) is 3.97. The van der Waals surface area contributed by atoms with Crippen molar-refractivity contribution in [2.45, 2.75) is 11.5 Å². The molecule has 0 amide bonds. The van der Waals surface area contributed by atoms with Crippen molar-refractivity contribution in [3.63, 3.8) is 0 Å². The van der Waals surface area contributed by atoms with E-state index in [4.69, 9.17) is 0 Å². The lowest BCUT2D eigenvalue weighted by molar-refractivity contribution is 1.15. The fourth-order valence-corrected chi connectivity index (χ4v) is 1.44. The molecule has 11 heavy (non-hydrogen) atoms. The van der Waals surface area contributed by atoms with Crippen molar-refractivity contribution in [1.82, 2.24) is 4.98 Å². The second kappa shape index (κ2) is 4.67. The minimum absolute atomic E-state index is 0.770. The zero-order valence-corrected chi connectivity index (χ0v) is 8.16. The Labute approximate surface area is 77.0 Å². The lowest BCUT2D eigenvalue weighted by Crippen LogP contribution is -1.87. The largest absolute Gasteiger partial charge is 0.260 e. The maximum atomic E-state index is 4.27. The predicted molar refractivity (Wildman–Crippen MR) is 54.1 cm³/mol. The first-order valence-electron chi connectivity index (χ1n) is 3.40. The van der Waals surface area contributed by atoms with Gasteiger partial charge in [-0.15, -0.1) is 0 Å². The third-order valence-electron chi connectivity index (χ3n) is 1.36. The molecule has 0 spiro atoms. The van der Waals surface area contributed by atoms with Crippen LogP contribution in [0, 0.1) is 0 Å². The zero-order valence-electron chi connectivity index (χ0n) is 6.45. The Bertz CT molecular complexity index is 208. The van der Waals surface area contributed by atoms with Crippen LogP contribution in [-0.4, -0.2) is 11.2 Å². The van der Waals surface area contributed by atoms with Crippen molar-refractivity contribution in [2.75, 3.05) is 6.26 Å². The molecule has 1 heterocycles. The van der Waals surface area contributed by atoms with Crippen molar-refractivity contribution in [3.05, 3.63) is 29.6 Å². The summed E-state index contributed by atoms with van der Waals surface area (Å²) in [4.78, 5) is 4.27. The van der Waals surface area contributed by atoms with Crippen molar-refractivity contribution in [3.8, 4) is 0 Å². The summed E-state index contributed by atoms with van der Waals surface area (Å²) >= 11 is 5.94. The zero-order chi connectivity index (χ0) is 8.10. The van der Waals surface area contributed by atoms with Gasteiger partial charge in [-0.1, -0.05) is 6.07 Å². The van der Waals surface area contributed by atoms with Crippen LogP contribution in [0.4, 0.5) is 0 Å². The van der Waals surface area contributed by atoms with Crippen LogP contribution >= 0.6 is 24.4 Å². The first-order chi connectivity index (χ1) is 5.36. The molecule has 0 saturated carbocycles. The predicted octanol–water partition coefficient (Wildman–Crippen LogP) is 2.37. The van der Waals surface area contributed by atoms with Crippen molar-refractivity contribution in [1.29, 1.82) is 0 Å². The standard InChI is InChI=1S/C8H11NS2/c1-11-6-8-3-2-7(5-10)4-9-8/h2-4,10H,5-6H2,1H3. The summed E-state index contributed by atoms with van der Waals surface area (Å²) < 4.78 is 0. The second-order valence-corrected chi connectivity index (χ2v) is 3.43. The molecular formula is C8H11NS2. The van der Waals surface area contributed by atoms with Gasteiger partial charge in [-0.25, -0.2) is 0 Å². The van der Waals surface area contributed by atoms with Gasteiger partial charge in [0.05, 0.1) is 5.69 Å². The smallest absolute Gasteiger partial charge is 0.0502 e. The van der Waals surface area contributed by atoms with Gasteiger partial charge in [-0.2, -0.15) is 24.4 Å². The van der Waals surface area contributed by atoms with Crippen molar-refractivity contribution < 1.29 is 0 Å². The number of rotatable bonds is 3. The lowest BCUT2D eigenvalue weighted by Gasteiger charge is -1.98. The van der Waals surface area contributed by atoms with E-state index in [1.165, 1.54) is 5.56 Å². The number of thioether (sulfide) groups is 1. The molecule has 0 bridgehead atoms. The molecule has 0 unspecified atom stereocenters. The molecule has 0 atom stereocenters. The van der Waals surface area contributed by atoms with Crippen molar-refractivity contribution in [2.24, 2.45) is 0 Å². The topological polar surface area (TPSA) is 12.9 Å². The average molecular weight is 185 g/mol. The molecule has 1 rings (SSSR count). The van der Waals surface area contributed by atoms with Crippen LogP contribution in [0.5, 0.6) is 0 Å². The van der Waals surface area contributed by atoms with Gasteiger partial charge in [-0.05, 0) is 17.9 Å². The second-order valence-electron chi connectivity index (χ2n) is 2.25. The van der Waals surface area contributed by atoms with Gasteiger partial charge in [-0.3, -0.25) is 4.98 Å². The summed E-state index contributed by atoms with van der Waals surface area (Å²) in [6.45, 7) is 0. The Kier molecular flexibility index (Phi) is 3.80. The normalized spacial score (nSPS) is 10.0. The van der Waals surface area contributed by atoms with Gasteiger partial charge in [0, 0.05) is 17.7 Å². The van der Waals surface area contributed by atoms with E-state index in [0.29, 0.717) is 0 Å².